The molecule has 74 valence electrons. The molecule has 0 aliphatic heterocycles. The Morgan fingerprint density at radius 1 is 1.64 bits per heavy atom. The summed E-state index contributed by atoms with van der Waals surface area (Å²) < 4.78 is 2.26. The van der Waals surface area contributed by atoms with Gasteiger partial charge in [-0.1, -0.05) is 0 Å². The second-order valence-corrected chi connectivity index (χ2v) is 5.06. The first-order valence-corrected chi connectivity index (χ1v) is 6.09. The van der Waals surface area contributed by atoms with Crippen LogP contribution in [0.25, 0.3) is 0 Å². The number of hydrogen-bond donors (Lipinski definition) is 1. The highest BCUT2D eigenvalue weighted by Crippen LogP contribution is 2.22. The number of halogens is 2. The van der Waals surface area contributed by atoms with E-state index >= 15 is 0 Å². The van der Waals surface area contributed by atoms with Crippen LogP contribution in [0.1, 0.15) is 6.92 Å². The Morgan fingerprint density at radius 3 is 2.93 bits per heavy atom. The lowest BCUT2D eigenvalue weighted by molar-refractivity contribution is 0.786. The molecule has 0 aliphatic carbocycles. The highest BCUT2D eigenvalue weighted by atomic mass is 127. The van der Waals surface area contributed by atoms with Crippen molar-refractivity contribution in [2.75, 3.05) is 11.9 Å². The maximum absolute atomic E-state index is 8.61. The van der Waals surface area contributed by atoms with E-state index in [1.54, 1.807) is 0 Å². The molecule has 0 radical (unpaired) electrons. The van der Waals surface area contributed by atoms with Gasteiger partial charge in [-0.15, -0.1) is 0 Å². The highest BCUT2D eigenvalue weighted by Gasteiger charge is 2.01. The van der Waals surface area contributed by atoms with Gasteiger partial charge in [-0.05, 0) is 63.6 Å². The van der Waals surface area contributed by atoms with Crippen molar-refractivity contribution < 1.29 is 0 Å². The monoisotopic (exact) mass is 364 g/mol. The fourth-order valence-electron chi connectivity index (χ4n) is 0.923. The minimum Gasteiger partial charge on any atom is -0.384 e. The summed E-state index contributed by atoms with van der Waals surface area (Å²) in [5.41, 5.74) is 1.04. The van der Waals surface area contributed by atoms with E-state index in [0.29, 0.717) is 6.54 Å². The van der Waals surface area contributed by atoms with Crippen LogP contribution in [0.3, 0.4) is 0 Å². The number of nitrogens with one attached hydrogen (secondary N) is 1. The second kappa shape index (κ2) is 5.56. The van der Waals surface area contributed by atoms with E-state index in [1.165, 1.54) is 3.57 Å². The summed E-state index contributed by atoms with van der Waals surface area (Å²) in [5.74, 6) is 0.0352. The maximum Gasteiger partial charge on any atom is 0.0671 e. The van der Waals surface area contributed by atoms with Crippen molar-refractivity contribution in [3.05, 3.63) is 26.2 Å². The quantitative estimate of drug-likeness (QED) is 0.831. The SMILES string of the molecule is CC(C#N)CNc1ccc(I)c(Br)c1. The Bertz CT molecular complexity index is 360. The molecule has 0 amide bonds. The molecule has 0 spiro atoms. The number of hydrogen-bond acceptors (Lipinski definition) is 2. The zero-order valence-electron chi connectivity index (χ0n) is 7.72. The van der Waals surface area contributed by atoms with Crippen LogP contribution in [0.15, 0.2) is 22.7 Å². The molecule has 1 aromatic rings. The van der Waals surface area contributed by atoms with Gasteiger partial charge in [-0.2, -0.15) is 5.26 Å². The molecule has 0 aliphatic rings. The number of rotatable bonds is 3. The average Bonchev–Trinajstić information content (AvgIpc) is 2.19. The molecule has 1 atom stereocenters. The maximum atomic E-state index is 8.61. The Hall–Kier alpha value is -0.280. The average molecular weight is 365 g/mol. The van der Waals surface area contributed by atoms with E-state index in [4.69, 9.17) is 5.26 Å². The first kappa shape index (κ1) is 11.8. The smallest absolute Gasteiger partial charge is 0.0671 e. The molecule has 1 unspecified atom stereocenters. The molecule has 0 heterocycles. The molecule has 0 saturated carbocycles. The molecule has 0 saturated heterocycles. The third-order valence-corrected chi connectivity index (χ3v) is 4.09. The van der Waals surface area contributed by atoms with Crippen LogP contribution in [-0.4, -0.2) is 6.54 Å². The second-order valence-electron chi connectivity index (χ2n) is 3.04. The van der Waals surface area contributed by atoms with Gasteiger partial charge in [0.05, 0.1) is 12.0 Å². The summed E-state index contributed by atoms with van der Waals surface area (Å²) in [6.45, 7) is 2.58. The largest absolute Gasteiger partial charge is 0.384 e. The van der Waals surface area contributed by atoms with Gasteiger partial charge in [0.15, 0.2) is 0 Å². The molecule has 0 aromatic heterocycles. The topological polar surface area (TPSA) is 35.8 Å². The lowest BCUT2D eigenvalue weighted by Gasteiger charge is -2.08. The standard InChI is InChI=1S/C10H10BrIN2/c1-7(5-13)6-14-8-2-3-10(12)9(11)4-8/h2-4,7,14H,6H2,1H3. The van der Waals surface area contributed by atoms with Crippen LogP contribution >= 0.6 is 38.5 Å². The van der Waals surface area contributed by atoms with Crippen LogP contribution in [0.5, 0.6) is 0 Å². The predicted molar refractivity (Wildman–Crippen MR) is 70.1 cm³/mol. The molecule has 1 rings (SSSR count). The van der Waals surface area contributed by atoms with Gasteiger partial charge in [0.25, 0.3) is 0 Å². The fourth-order valence-corrected chi connectivity index (χ4v) is 1.64. The molecule has 2 nitrogen and oxygen atoms in total. The zero-order chi connectivity index (χ0) is 10.6. The normalized spacial score (nSPS) is 11.9. The van der Waals surface area contributed by atoms with Gasteiger partial charge in [0.2, 0.25) is 0 Å². The number of nitrogens with zero attached hydrogens (tertiary/aromatic N) is 1. The van der Waals surface area contributed by atoms with Crippen LogP contribution in [-0.2, 0) is 0 Å². The molecule has 0 fully saturated rings. The first-order chi connectivity index (χ1) is 6.63. The predicted octanol–water partition coefficient (Wildman–Crippen LogP) is 3.63. The van der Waals surface area contributed by atoms with Gasteiger partial charge >= 0.3 is 0 Å². The fraction of sp³-hybridized carbons (Fsp3) is 0.300. The molecule has 1 N–H and O–H groups in total. The van der Waals surface area contributed by atoms with E-state index in [2.05, 4.69) is 49.9 Å². The van der Waals surface area contributed by atoms with Crippen molar-refractivity contribution in [3.8, 4) is 6.07 Å². The number of nitriles is 1. The summed E-state index contributed by atoms with van der Waals surface area (Å²) >= 11 is 5.72. The lowest BCUT2D eigenvalue weighted by Crippen LogP contribution is -2.09. The Balaban J connectivity index is 2.61. The molecule has 1 aromatic carbocycles. The number of benzene rings is 1. The summed E-state index contributed by atoms with van der Waals surface area (Å²) in [4.78, 5) is 0. The van der Waals surface area contributed by atoms with E-state index in [9.17, 15) is 0 Å². The first-order valence-electron chi connectivity index (χ1n) is 4.22. The van der Waals surface area contributed by atoms with Crippen molar-refractivity contribution in [2.24, 2.45) is 5.92 Å². The van der Waals surface area contributed by atoms with Crippen molar-refractivity contribution in [1.29, 1.82) is 5.26 Å². The lowest BCUT2D eigenvalue weighted by atomic mass is 10.2. The van der Waals surface area contributed by atoms with Crippen molar-refractivity contribution in [2.45, 2.75) is 6.92 Å². The Kier molecular flexibility index (Phi) is 4.69. The molecular formula is C10H10BrIN2. The highest BCUT2D eigenvalue weighted by molar-refractivity contribution is 14.1. The van der Waals surface area contributed by atoms with Crippen LogP contribution in [0, 0.1) is 20.8 Å². The Morgan fingerprint density at radius 2 is 2.36 bits per heavy atom. The van der Waals surface area contributed by atoms with Gasteiger partial charge < -0.3 is 5.32 Å². The van der Waals surface area contributed by atoms with Crippen LogP contribution < -0.4 is 5.32 Å². The van der Waals surface area contributed by atoms with Crippen LogP contribution in [0.2, 0.25) is 0 Å². The summed E-state index contributed by atoms with van der Waals surface area (Å²) in [6, 6.07) is 8.25. The van der Waals surface area contributed by atoms with E-state index in [-0.39, 0.29) is 5.92 Å². The Labute approximate surface area is 106 Å². The number of anilines is 1. The van der Waals surface area contributed by atoms with E-state index in [1.807, 2.05) is 25.1 Å². The van der Waals surface area contributed by atoms with Crippen molar-refractivity contribution in [1.82, 2.24) is 0 Å². The molecule has 14 heavy (non-hydrogen) atoms. The molecular weight excluding hydrogens is 355 g/mol. The summed E-state index contributed by atoms with van der Waals surface area (Å²) in [5, 5.41) is 11.8. The summed E-state index contributed by atoms with van der Waals surface area (Å²) in [7, 11) is 0. The van der Waals surface area contributed by atoms with Crippen molar-refractivity contribution in [3.63, 3.8) is 0 Å². The minimum absolute atomic E-state index is 0.0352. The van der Waals surface area contributed by atoms with Gasteiger partial charge in [-0.25, -0.2) is 0 Å². The summed E-state index contributed by atoms with van der Waals surface area (Å²) in [6.07, 6.45) is 0. The third kappa shape index (κ3) is 3.46. The van der Waals surface area contributed by atoms with Crippen molar-refractivity contribution >= 4 is 44.2 Å². The van der Waals surface area contributed by atoms with E-state index < -0.39 is 0 Å². The van der Waals surface area contributed by atoms with Gasteiger partial charge in [0, 0.05) is 20.3 Å². The van der Waals surface area contributed by atoms with Gasteiger partial charge in [0.1, 0.15) is 0 Å². The molecule has 0 bridgehead atoms. The van der Waals surface area contributed by atoms with E-state index in [0.717, 1.165) is 10.2 Å². The molecule has 4 heteroatoms. The van der Waals surface area contributed by atoms with Gasteiger partial charge in [-0.3, -0.25) is 0 Å². The third-order valence-electron chi connectivity index (χ3n) is 1.75. The zero-order valence-corrected chi connectivity index (χ0v) is 11.5. The van der Waals surface area contributed by atoms with Crippen LogP contribution in [0.4, 0.5) is 5.69 Å². The minimum atomic E-state index is 0.0352.